The first-order valence-electron chi connectivity index (χ1n) is 11.9. The molecule has 0 spiro atoms. The highest BCUT2D eigenvalue weighted by molar-refractivity contribution is 6.05. The summed E-state index contributed by atoms with van der Waals surface area (Å²) in [4.78, 5) is 32.5. The second-order valence-corrected chi connectivity index (χ2v) is 8.94. The SMILES string of the molecule is O=C(Nc1ccc2[nH]c(-c3ccc(NC(=O)C4CCCCCC4)cc3)cc2c1)c1cccnc1. The van der Waals surface area contributed by atoms with Crippen LogP contribution in [0.5, 0.6) is 0 Å². The summed E-state index contributed by atoms with van der Waals surface area (Å²) in [7, 11) is 0. The van der Waals surface area contributed by atoms with Gasteiger partial charge in [-0.25, -0.2) is 0 Å². The van der Waals surface area contributed by atoms with E-state index < -0.39 is 0 Å². The van der Waals surface area contributed by atoms with Gasteiger partial charge in [0.05, 0.1) is 5.56 Å². The monoisotopic (exact) mass is 452 g/mol. The molecule has 1 fully saturated rings. The molecule has 0 bridgehead atoms. The number of aromatic amines is 1. The lowest BCUT2D eigenvalue weighted by atomic mass is 9.99. The van der Waals surface area contributed by atoms with Crippen molar-refractivity contribution in [1.29, 1.82) is 0 Å². The first-order chi connectivity index (χ1) is 16.7. The minimum atomic E-state index is -0.190. The van der Waals surface area contributed by atoms with E-state index in [2.05, 4.69) is 26.7 Å². The van der Waals surface area contributed by atoms with Crippen molar-refractivity contribution in [3.63, 3.8) is 0 Å². The van der Waals surface area contributed by atoms with Gasteiger partial charge in [0.15, 0.2) is 0 Å². The number of hydrogen-bond acceptors (Lipinski definition) is 3. The van der Waals surface area contributed by atoms with Gasteiger partial charge in [-0.05, 0) is 66.9 Å². The number of carbonyl (C=O) groups excluding carboxylic acids is 2. The second-order valence-electron chi connectivity index (χ2n) is 8.94. The number of rotatable bonds is 5. The lowest BCUT2D eigenvalue weighted by molar-refractivity contribution is -0.120. The highest BCUT2D eigenvalue weighted by Gasteiger charge is 2.20. The third kappa shape index (κ3) is 5.01. The van der Waals surface area contributed by atoms with Crippen LogP contribution in [0.1, 0.15) is 48.9 Å². The lowest BCUT2D eigenvalue weighted by Gasteiger charge is -2.14. The van der Waals surface area contributed by atoms with E-state index in [1.165, 1.54) is 12.8 Å². The number of nitrogens with zero attached hydrogens (tertiary/aromatic N) is 1. The minimum Gasteiger partial charge on any atom is -0.355 e. The number of hydrogen-bond donors (Lipinski definition) is 3. The van der Waals surface area contributed by atoms with Crippen LogP contribution in [0.2, 0.25) is 0 Å². The molecule has 3 N–H and O–H groups in total. The van der Waals surface area contributed by atoms with Crippen molar-refractivity contribution in [2.45, 2.75) is 38.5 Å². The average molecular weight is 453 g/mol. The van der Waals surface area contributed by atoms with Crippen LogP contribution >= 0.6 is 0 Å². The van der Waals surface area contributed by atoms with Crippen LogP contribution in [0.4, 0.5) is 11.4 Å². The van der Waals surface area contributed by atoms with Gasteiger partial charge in [0, 0.05) is 46.3 Å². The largest absolute Gasteiger partial charge is 0.355 e. The Balaban J connectivity index is 1.27. The van der Waals surface area contributed by atoms with Gasteiger partial charge in [-0.1, -0.05) is 37.8 Å². The quantitative estimate of drug-likeness (QED) is 0.307. The number of fused-ring (bicyclic) bond motifs is 1. The van der Waals surface area contributed by atoms with E-state index >= 15 is 0 Å². The summed E-state index contributed by atoms with van der Waals surface area (Å²) in [6.45, 7) is 0. The zero-order chi connectivity index (χ0) is 23.3. The number of benzene rings is 2. The molecule has 6 heteroatoms. The third-order valence-electron chi connectivity index (χ3n) is 6.49. The molecule has 34 heavy (non-hydrogen) atoms. The van der Waals surface area contributed by atoms with Crippen LogP contribution < -0.4 is 10.6 Å². The Labute approximate surface area is 198 Å². The number of H-pyrrole nitrogens is 1. The van der Waals surface area contributed by atoms with Crippen molar-refractivity contribution in [2.75, 3.05) is 10.6 Å². The summed E-state index contributed by atoms with van der Waals surface area (Å²) in [5.41, 5.74) is 5.07. The van der Waals surface area contributed by atoms with Crippen LogP contribution in [0.15, 0.2) is 73.1 Å². The number of aromatic nitrogens is 2. The standard InChI is InChI=1S/C28H28N4O2/c33-27(20-6-3-1-2-4-7-20)30-23-11-9-19(10-12-23)26-17-22-16-24(13-14-25(22)32-26)31-28(34)21-8-5-15-29-18-21/h5,8-18,20,32H,1-4,6-7H2,(H,30,33)(H,31,34). The fourth-order valence-electron chi connectivity index (χ4n) is 4.59. The molecule has 5 rings (SSSR count). The first-order valence-corrected chi connectivity index (χ1v) is 11.9. The van der Waals surface area contributed by atoms with E-state index in [1.807, 2.05) is 42.5 Å². The minimum absolute atomic E-state index is 0.128. The maximum atomic E-state index is 12.6. The van der Waals surface area contributed by atoms with Crippen molar-refractivity contribution in [1.82, 2.24) is 9.97 Å². The summed E-state index contributed by atoms with van der Waals surface area (Å²) in [5, 5.41) is 7.02. The highest BCUT2D eigenvalue weighted by atomic mass is 16.2. The van der Waals surface area contributed by atoms with Gasteiger partial charge in [-0.2, -0.15) is 0 Å². The zero-order valence-corrected chi connectivity index (χ0v) is 19.0. The van der Waals surface area contributed by atoms with Crippen molar-refractivity contribution in [3.05, 3.63) is 78.6 Å². The van der Waals surface area contributed by atoms with E-state index in [1.54, 1.807) is 24.5 Å². The molecule has 1 saturated carbocycles. The summed E-state index contributed by atoms with van der Waals surface area (Å²) >= 11 is 0. The van der Waals surface area contributed by atoms with Gasteiger partial charge in [0.25, 0.3) is 5.91 Å². The predicted molar refractivity (Wildman–Crippen MR) is 136 cm³/mol. The van der Waals surface area contributed by atoms with Crippen LogP contribution in [-0.4, -0.2) is 21.8 Å². The molecule has 0 unspecified atom stereocenters. The van der Waals surface area contributed by atoms with Crippen molar-refractivity contribution in [2.24, 2.45) is 5.92 Å². The molecule has 0 radical (unpaired) electrons. The van der Waals surface area contributed by atoms with Gasteiger partial charge >= 0.3 is 0 Å². The number of pyridine rings is 1. The van der Waals surface area contributed by atoms with Crippen LogP contribution in [0.25, 0.3) is 22.2 Å². The summed E-state index contributed by atoms with van der Waals surface area (Å²) in [5.74, 6) is 0.0783. The Kier molecular flexibility index (Phi) is 6.38. The van der Waals surface area contributed by atoms with E-state index in [9.17, 15) is 9.59 Å². The normalized spacial score (nSPS) is 14.5. The molecule has 2 aromatic carbocycles. The fraction of sp³-hybridized carbons (Fsp3) is 0.250. The van der Waals surface area contributed by atoms with Gasteiger partial charge < -0.3 is 15.6 Å². The van der Waals surface area contributed by atoms with E-state index in [0.29, 0.717) is 5.56 Å². The molecule has 172 valence electrons. The molecule has 2 heterocycles. The Morgan fingerprint density at radius 1 is 0.853 bits per heavy atom. The zero-order valence-electron chi connectivity index (χ0n) is 19.0. The van der Waals surface area contributed by atoms with E-state index in [-0.39, 0.29) is 17.7 Å². The van der Waals surface area contributed by atoms with Crippen LogP contribution in [0.3, 0.4) is 0 Å². The second kappa shape index (κ2) is 9.91. The molecule has 0 atom stereocenters. The fourth-order valence-corrected chi connectivity index (χ4v) is 4.59. The number of anilines is 2. The molecule has 1 aliphatic rings. The summed E-state index contributed by atoms with van der Waals surface area (Å²) in [6, 6.07) is 19.3. The topological polar surface area (TPSA) is 86.9 Å². The Bertz CT molecular complexity index is 1290. The van der Waals surface area contributed by atoms with E-state index in [0.717, 1.165) is 59.2 Å². The molecule has 1 aliphatic carbocycles. The average Bonchev–Trinajstić information content (AvgIpc) is 3.09. The maximum absolute atomic E-state index is 12.6. The van der Waals surface area contributed by atoms with Gasteiger partial charge in [-0.3, -0.25) is 14.6 Å². The number of amides is 2. The molecule has 2 aromatic heterocycles. The lowest BCUT2D eigenvalue weighted by Crippen LogP contribution is -2.22. The Morgan fingerprint density at radius 3 is 2.35 bits per heavy atom. The van der Waals surface area contributed by atoms with Crippen molar-refractivity contribution >= 4 is 34.1 Å². The summed E-state index contributed by atoms with van der Waals surface area (Å²) < 4.78 is 0. The Hall–Kier alpha value is -3.93. The van der Waals surface area contributed by atoms with Crippen LogP contribution in [0, 0.1) is 5.92 Å². The molecular weight excluding hydrogens is 424 g/mol. The maximum Gasteiger partial charge on any atom is 0.257 e. The first kappa shape index (κ1) is 21.9. The molecule has 2 amide bonds. The number of carbonyl (C=O) groups is 2. The molecule has 4 aromatic rings. The van der Waals surface area contributed by atoms with Gasteiger partial charge in [0.2, 0.25) is 5.91 Å². The molecule has 0 aliphatic heterocycles. The van der Waals surface area contributed by atoms with Gasteiger partial charge in [-0.15, -0.1) is 0 Å². The number of nitrogens with one attached hydrogen (secondary N) is 3. The van der Waals surface area contributed by atoms with Crippen molar-refractivity contribution < 1.29 is 9.59 Å². The Morgan fingerprint density at radius 2 is 1.62 bits per heavy atom. The molecular formula is C28H28N4O2. The molecule has 6 nitrogen and oxygen atoms in total. The van der Waals surface area contributed by atoms with Crippen LogP contribution in [-0.2, 0) is 4.79 Å². The van der Waals surface area contributed by atoms with Gasteiger partial charge in [0.1, 0.15) is 0 Å². The smallest absolute Gasteiger partial charge is 0.257 e. The highest BCUT2D eigenvalue weighted by Crippen LogP contribution is 2.28. The molecule has 0 saturated heterocycles. The summed E-state index contributed by atoms with van der Waals surface area (Å²) in [6.07, 6.45) is 9.93. The van der Waals surface area contributed by atoms with E-state index in [4.69, 9.17) is 0 Å². The predicted octanol–water partition coefficient (Wildman–Crippen LogP) is 6.39. The van der Waals surface area contributed by atoms with Crippen molar-refractivity contribution in [3.8, 4) is 11.3 Å². The third-order valence-corrected chi connectivity index (χ3v) is 6.49.